The summed E-state index contributed by atoms with van der Waals surface area (Å²) in [6.45, 7) is 9.73. The van der Waals surface area contributed by atoms with Crippen LogP contribution in [0.1, 0.15) is 68.4 Å². The van der Waals surface area contributed by atoms with E-state index in [-0.39, 0.29) is 38.3 Å². The highest BCUT2D eigenvalue weighted by Crippen LogP contribution is 2.67. The molecule has 2 aliphatic carbocycles. The minimum Gasteiger partial charge on any atom is -0.507 e. The Morgan fingerprint density at radius 1 is 1.31 bits per heavy atom. The summed E-state index contributed by atoms with van der Waals surface area (Å²) in [6, 6.07) is 1.76. The molecule has 0 unspecified atom stereocenters. The lowest BCUT2D eigenvalue weighted by molar-refractivity contribution is -0.207. The second kappa shape index (κ2) is 6.06. The standard InChI is InChI=1S/C23H29BrClNO3/c1-11-5-6-16-21(2,3)19(24)14(25)9-23(16)22(11,4)8-12-7-15(27)17-13(18(12)29-23)10-26-20(17)28/h7,11,14,16,19,27H,5-6,8-10H2,1-4H3,(H,26,28)/t11-,14+,16-,19-,22+,23-/m0/s1. The van der Waals surface area contributed by atoms with Crippen LogP contribution in [0.5, 0.6) is 11.5 Å². The van der Waals surface area contributed by atoms with Crippen molar-refractivity contribution >= 4 is 33.4 Å². The molecule has 2 fully saturated rings. The van der Waals surface area contributed by atoms with Crippen molar-refractivity contribution in [2.45, 2.75) is 75.7 Å². The molecule has 2 heterocycles. The number of phenols is 1. The van der Waals surface area contributed by atoms with Crippen LogP contribution in [0.4, 0.5) is 0 Å². The zero-order chi connectivity index (χ0) is 20.9. The third-order valence-electron chi connectivity index (χ3n) is 8.86. The summed E-state index contributed by atoms with van der Waals surface area (Å²) >= 11 is 10.9. The second-order valence-corrected chi connectivity index (χ2v) is 12.0. The molecule has 1 aromatic rings. The molecule has 2 saturated carbocycles. The molecule has 2 N–H and O–H groups in total. The fourth-order valence-electron chi connectivity index (χ4n) is 7.02. The van der Waals surface area contributed by atoms with E-state index in [9.17, 15) is 9.90 Å². The van der Waals surface area contributed by atoms with E-state index in [0.29, 0.717) is 23.9 Å². The molecule has 4 nitrogen and oxygen atoms in total. The van der Waals surface area contributed by atoms with Gasteiger partial charge in [0, 0.05) is 34.7 Å². The Kier molecular flexibility index (Phi) is 4.18. The van der Waals surface area contributed by atoms with Crippen molar-refractivity contribution in [2.75, 3.05) is 0 Å². The van der Waals surface area contributed by atoms with E-state index in [1.54, 1.807) is 6.07 Å². The maximum atomic E-state index is 12.3. The van der Waals surface area contributed by atoms with E-state index in [2.05, 4.69) is 48.9 Å². The van der Waals surface area contributed by atoms with Gasteiger partial charge in [-0.25, -0.2) is 0 Å². The number of hydrogen-bond donors (Lipinski definition) is 2. The van der Waals surface area contributed by atoms with Gasteiger partial charge in [0.25, 0.3) is 5.91 Å². The predicted molar refractivity (Wildman–Crippen MR) is 117 cm³/mol. The van der Waals surface area contributed by atoms with Crippen LogP contribution >= 0.6 is 27.5 Å². The van der Waals surface area contributed by atoms with Crippen LogP contribution < -0.4 is 10.1 Å². The fraction of sp³-hybridized carbons (Fsp3) is 0.696. The van der Waals surface area contributed by atoms with Crippen molar-refractivity contribution in [3.8, 4) is 11.5 Å². The first-order valence-electron chi connectivity index (χ1n) is 10.7. The molecule has 0 bridgehead atoms. The van der Waals surface area contributed by atoms with Crippen LogP contribution in [0.2, 0.25) is 0 Å². The van der Waals surface area contributed by atoms with E-state index < -0.39 is 0 Å². The molecule has 1 aromatic carbocycles. The summed E-state index contributed by atoms with van der Waals surface area (Å²) < 4.78 is 7.09. The van der Waals surface area contributed by atoms with E-state index in [0.717, 1.165) is 42.6 Å². The van der Waals surface area contributed by atoms with Gasteiger partial charge in [-0.3, -0.25) is 4.79 Å². The number of carbonyl (C=O) groups excluding carboxylic acids is 1. The molecular formula is C23H29BrClNO3. The molecule has 0 aromatic heterocycles. The third kappa shape index (κ3) is 2.35. The number of ether oxygens (including phenoxy) is 1. The van der Waals surface area contributed by atoms with Gasteiger partial charge in [0.05, 0.1) is 10.9 Å². The lowest BCUT2D eigenvalue weighted by Crippen LogP contribution is -2.71. The zero-order valence-electron chi connectivity index (χ0n) is 17.4. The first kappa shape index (κ1) is 20.0. The third-order valence-corrected chi connectivity index (χ3v) is 11.4. The Hall–Kier alpha value is -0.940. The predicted octanol–water partition coefficient (Wildman–Crippen LogP) is 5.16. The Bertz CT molecular complexity index is 918. The first-order chi connectivity index (χ1) is 13.5. The minimum absolute atomic E-state index is 0.0161. The largest absolute Gasteiger partial charge is 0.507 e. The molecule has 158 valence electrons. The number of carbonyl (C=O) groups is 1. The number of alkyl halides is 2. The van der Waals surface area contributed by atoms with Gasteiger partial charge in [0.15, 0.2) is 0 Å². The van der Waals surface area contributed by atoms with Crippen LogP contribution in [0.25, 0.3) is 0 Å². The summed E-state index contributed by atoms with van der Waals surface area (Å²) in [5, 5.41) is 13.4. The Morgan fingerprint density at radius 3 is 2.76 bits per heavy atom. The number of rotatable bonds is 0. The molecule has 29 heavy (non-hydrogen) atoms. The van der Waals surface area contributed by atoms with E-state index in [1.807, 2.05) is 0 Å². The Labute approximate surface area is 185 Å². The van der Waals surface area contributed by atoms with Crippen molar-refractivity contribution in [1.82, 2.24) is 5.32 Å². The number of aromatic hydroxyl groups is 1. The Balaban J connectivity index is 1.74. The topological polar surface area (TPSA) is 58.6 Å². The van der Waals surface area contributed by atoms with Gasteiger partial charge >= 0.3 is 0 Å². The lowest BCUT2D eigenvalue weighted by Gasteiger charge is -2.67. The summed E-state index contributed by atoms with van der Waals surface area (Å²) in [5.41, 5.74) is 1.72. The maximum absolute atomic E-state index is 12.3. The molecule has 2 aliphatic heterocycles. The van der Waals surface area contributed by atoms with Gasteiger partial charge in [-0.15, -0.1) is 11.6 Å². The maximum Gasteiger partial charge on any atom is 0.255 e. The number of halogens is 2. The van der Waals surface area contributed by atoms with Crippen molar-refractivity contribution in [1.29, 1.82) is 0 Å². The molecule has 6 heteroatoms. The highest BCUT2D eigenvalue weighted by atomic mass is 79.9. The summed E-state index contributed by atoms with van der Waals surface area (Å²) in [6.07, 6.45) is 3.90. The average Bonchev–Trinajstić information content (AvgIpc) is 3.03. The van der Waals surface area contributed by atoms with Gasteiger partial charge in [0.1, 0.15) is 17.1 Å². The first-order valence-corrected chi connectivity index (χ1v) is 12.0. The van der Waals surface area contributed by atoms with Crippen LogP contribution in [-0.2, 0) is 13.0 Å². The van der Waals surface area contributed by atoms with E-state index in [1.165, 1.54) is 0 Å². The number of benzene rings is 1. The summed E-state index contributed by atoms with van der Waals surface area (Å²) in [4.78, 5) is 12.5. The lowest BCUT2D eigenvalue weighted by atomic mass is 9.44. The molecule has 4 aliphatic rings. The van der Waals surface area contributed by atoms with Crippen LogP contribution in [0.3, 0.4) is 0 Å². The van der Waals surface area contributed by atoms with Crippen molar-refractivity contribution in [3.63, 3.8) is 0 Å². The molecule has 1 amide bonds. The number of hydrogen-bond acceptors (Lipinski definition) is 3. The Morgan fingerprint density at radius 2 is 2.03 bits per heavy atom. The highest BCUT2D eigenvalue weighted by Gasteiger charge is 2.69. The van der Waals surface area contributed by atoms with E-state index in [4.69, 9.17) is 16.3 Å². The number of nitrogens with one attached hydrogen (secondary N) is 1. The number of phenolic OH excluding ortho intramolecular Hbond substituents is 1. The van der Waals surface area contributed by atoms with Crippen molar-refractivity contribution in [3.05, 3.63) is 22.8 Å². The van der Waals surface area contributed by atoms with Gasteiger partial charge in [-0.1, -0.05) is 43.6 Å². The molecule has 6 atom stereocenters. The molecular weight excluding hydrogens is 454 g/mol. The average molecular weight is 483 g/mol. The molecule has 1 spiro atoms. The minimum atomic E-state index is -0.381. The molecule has 0 saturated heterocycles. The molecule has 5 rings (SSSR count). The number of fused-ring (bicyclic) bond motifs is 3. The van der Waals surface area contributed by atoms with E-state index >= 15 is 0 Å². The smallest absolute Gasteiger partial charge is 0.255 e. The van der Waals surface area contributed by atoms with Gasteiger partial charge in [-0.05, 0) is 42.2 Å². The zero-order valence-corrected chi connectivity index (χ0v) is 19.8. The summed E-state index contributed by atoms with van der Waals surface area (Å²) in [5.74, 6) is 1.49. The normalized spacial score (nSPS) is 42.1. The SMILES string of the molecule is C[C@H]1CC[C@H]2C(C)(C)[C@@H](Br)[C@H](Cl)C[C@]23Oc2c(cc(O)c4c2CNC4=O)C[C@]13C. The second-order valence-electron chi connectivity index (χ2n) is 10.5. The van der Waals surface area contributed by atoms with Crippen LogP contribution in [0.15, 0.2) is 6.07 Å². The van der Waals surface area contributed by atoms with Crippen molar-refractivity contribution < 1.29 is 14.6 Å². The monoisotopic (exact) mass is 481 g/mol. The van der Waals surface area contributed by atoms with Gasteiger partial charge < -0.3 is 15.2 Å². The van der Waals surface area contributed by atoms with Crippen LogP contribution in [-0.4, -0.2) is 26.8 Å². The quantitative estimate of drug-likeness (QED) is 0.502. The van der Waals surface area contributed by atoms with Gasteiger partial charge in [0.2, 0.25) is 0 Å². The molecule has 0 radical (unpaired) electrons. The van der Waals surface area contributed by atoms with Crippen molar-refractivity contribution in [2.24, 2.45) is 22.7 Å². The van der Waals surface area contributed by atoms with Crippen LogP contribution in [0, 0.1) is 22.7 Å². The number of amides is 1. The summed E-state index contributed by atoms with van der Waals surface area (Å²) in [7, 11) is 0. The fourth-order valence-corrected chi connectivity index (χ4v) is 8.08. The van der Waals surface area contributed by atoms with Gasteiger partial charge in [-0.2, -0.15) is 0 Å². The highest BCUT2D eigenvalue weighted by molar-refractivity contribution is 9.09.